The van der Waals surface area contributed by atoms with Crippen LogP contribution in [-0.4, -0.2) is 104 Å². The number of aliphatic hydroxyl groups excluding tert-OH is 1. The minimum atomic E-state index is -3.57. The molecule has 280 valence electrons. The van der Waals surface area contributed by atoms with Gasteiger partial charge in [-0.1, -0.05) is 45.6 Å². The fourth-order valence-corrected chi connectivity index (χ4v) is 7.39. The number of sulfonamides is 1. The zero-order valence-corrected chi connectivity index (χ0v) is 26.7. The van der Waals surface area contributed by atoms with Crippen molar-refractivity contribution in [2.45, 2.75) is 83.5 Å². The van der Waals surface area contributed by atoms with Crippen molar-refractivity contribution in [3.8, 4) is 0 Å². The Kier molecular flexibility index (Phi) is 6.71. The van der Waals surface area contributed by atoms with Gasteiger partial charge in [0.05, 0.1) is 17.4 Å². The molecule has 0 aromatic heterocycles. The fourth-order valence-electron chi connectivity index (χ4n) is 5.82. The highest BCUT2D eigenvalue weighted by molar-refractivity contribution is 7.89. The second kappa shape index (κ2) is 16.0. The van der Waals surface area contributed by atoms with Crippen LogP contribution >= 0.6 is 0 Å². The van der Waals surface area contributed by atoms with E-state index in [1.165, 1.54) is 4.31 Å². The first-order valence-electron chi connectivity index (χ1n) is 32.4. The van der Waals surface area contributed by atoms with Crippen molar-refractivity contribution in [3.63, 3.8) is 0 Å². The van der Waals surface area contributed by atoms with Gasteiger partial charge >= 0.3 is 12.1 Å². The second-order valence-electron chi connectivity index (χ2n) is 12.3. The van der Waals surface area contributed by atoms with Crippen LogP contribution in [0.4, 0.5) is 4.79 Å². The van der Waals surface area contributed by atoms with Gasteiger partial charge in [-0.15, -0.1) is 0 Å². The molecule has 3 heterocycles. The van der Waals surface area contributed by atoms with Crippen LogP contribution in [0.3, 0.4) is 0 Å². The summed E-state index contributed by atoms with van der Waals surface area (Å²) in [5.41, 5.74) is 1.41. The Bertz CT molecular complexity index is 1360. The summed E-state index contributed by atoms with van der Waals surface area (Å²) in [5, 5.41) is 10.6. The number of cyclic esters (lactones) is 1. The second-order valence-corrected chi connectivity index (χ2v) is 14.2. The Labute approximate surface area is 316 Å². The van der Waals surface area contributed by atoms with Crippen molar-refractivity contribution in [2.24, 2.45) is 11.8 Å². The van der Waals surface area contributed by atoms with Crippen LogP contribution in [0.1, 0.15) is 116 Å². The molecule has 3 aliphatic rings. The van der Waals surface area contributed by atoms with E-state index in [-0.39, 0.29) is 36.7 Å². The molecule has 1 aromatic carbocycles. The van der Waals surface area contributed by atoms with Crippen molar-refractivity contribution < 1.29 is 83.1 Å². The first-order valence-corrected chi connectivity index (χ1v) is 16.9. The van der Waals surface area contributed by atoms with Gasteiger partial charge in [0.25, 0.3) is 0 Å². The Balaban J connectivity index is -0.0000000745. The Morgan fingerprint density at radius 3 is 2.45 bits per heavy atom. The number of piperazine rings is 1. The van der Waals surface area contributed by atoms with E-state index in [1.807, 2.05) is 52.1 Å². The molecule has 0 aliphatic carbocycles. The van der Waals surface area contributed by atoms with Crippen LogP contribution in [0.25, 0.3) is 6.08 Å². The lowest BCUT2D eigenvalue weighted by molar-refractivity contribution is -0.151. The van der Waals surface area contributed by atoms with E-state index >= 15 is 0 Å². The summed E-state index contributed by atoms with van der Waals surface area (Å²) >= 11 is 0. The van der Waals surface area contributed by atoms with Crippen LogP contribution < -0.4 is 0 Å². The van der Waals surface area contributed by atoms with Crippen LogP contribution in [0, 0.1) is 11.8 Å². The summed E-state index contributed by atoms with van der Waals surface area (Å²) in [6.07, 6.45) is 5.76. The quantitative estimate of drug-likeness (QED) is 0.239. The third-order valence-corrected chi connectivity index (χ3v) is 10.6. The first-order chi connectivity index (χ1) is 37.4. The van der Waals surface area contributed by atoms with Gasteiger partial charge in [0.1, 0.15) is 12.2 Å². The van der Waals surface area contributed by atoms with Crippen molar-refractivity contribution in [1.82, 2.24) is 14.1 Å². The number of hydrogen-bond donors (Lipinski definition) is 1. The molecule has 2 saturated heterocycles. The number of amides is 1. The van der Waals surface area contributed by atoms with Gasteiger partial charge in [0.15, 0.2) is 0 Å². The predicted octanol–water partition coefficient (Wildman–Crippen LogP) is 8.73. The number of ether oxygens (including phenoxy) is 2. The molecule has 44 heavy (non-hydrogen) atoms. The maximum absolute atomic E-state index is 13.1. The Hall–Kier alpha value is -2.73. The van der Waals surface area contributed by atoms with Gasteiger partial charge in [-0.05, 0) is 74.9 Å². The number of rotatable bonds is 5. The van der Waals surface area contributed by atoms with Crippen LogP contribution in [0.15, 0.2) is 46.9 Å². The van der Waals surface area contributed by atoms with E-state index in [9.17, 15) is 23.1 Å². The van der Waals surface area contributed by atoms with Gasteiger partial charge in [-0.2, -0.15) is 4.31 Å². The highest BCUT2D eigenvalue weighted by Crippen LogP contribution is 2.27. The topological polar surface area (TPSA) is 117 Å². The van der Waals surface area contributed by atoms with Crippen molar-refractivity contribution in [2.75, 3.05) is 46.3 Å². The highest BCUT2D eigenvalue weighted by atomic mass is 32.2. The first kappa shape index (κ1) is 18.4. The summed E-state index contributed by atoms with van der Waals surface area (Å²) < 4.78 is 210. The molecule has 0 radical (unpaired) electrons. The van der Waals surface area contributed by atoms with E-state index in [0.717, 1.165) is 31.5 Å². The fraction of sp³-hybridized carbons (Fsp3) is 0.636. The maximum atomic E-state index is 13.1. The molecule has 0 spiro atoms. The molecule has 1 aromatic rings. The van der Waals surface area contributed by atoms with Crippen LogP contribution in [-0.2, 0) is 24.3 Å². The molecule has 0 unspecified atom stereocenters. The minimum absolute atomic E-state index is 0. The van der Waals surface area contributed by atoms with E-state index in [0.29, 0.717) is 44.6 Å². The Morgan fingerprint density at radius 2 is 1.77 bits per heavy atom. The average molecular weight is 702 g/mol. The molecule has 0 saturated carbocycles. The molecule has 4 rings (SSSR count). The highest BCUT2D eigenvalue weighted by Gasteiger charge is 2.30. The summed E-state index contributed by atoms with van der Waals surface area (Å²) in [7, 11) is -1.55. The van der Waals surface area contributed by atoms with Gasteiger partial charge in [-0.25, -0.2) is 13.2 Å². The average Bonchev–Trinajstić information content (AvgIpc) is 4.10. The van der Waals surface area contributed by atoms with Crippen molar-refractivity contribution in [1.29, 1.82) is 0 Å². The van der Waals surface area contributed by atoms with Crippen molar-refractivity contribution >= 4 is 28.2 Å². The molecular weight excluding hydrogens is 582 g/mol. The molecule has 3 aliphatic heterocycles. The SMILES string of the molecule is C.C/C(=C\c1cccc(S(=O)(=O)N2CCCC2)c1)[C@H]1OC(=O)C[C@H](O)CC[C@H](C)[C@@H](OC(=O)N2CCN(C)CC2)/C=C/[C@@H]1C.[2H][2H].[2H][2H].[2H][2H].[2H][2H].[2H][2H].[2H][2H].[2H][2H].[2H][2H].[2H][2H].[2H][2H].[2H][2H].[2H][2H].[2H][2H].[2H][2H].[2H][2H].[2H][2H].[2H][2H]. The van der Waals surface area contributed by atoms with E-state index in [4.69, 9.17) is 60.0 Å². The molecule has 11 heteroatoms. The van der Waals surface area contributed by atoms with E-state index in [2.05, 4.69) is 4.90 Å². The predicted molar refractivity (Wildman–Crippen MR) is 207 cm³/mol. The van der Waals surface area contributed by atoms with Crippen LogP contribution in [0.2, 0.25) is 0 Å². The van der Waals surface area contributed by atoms with Gasteiger partial charge < -0.3 is 24.4 Å². The Morgan fingerprint density at radius 1 is 1.09 bits per heavy atom. The zero-order chi connectivity index (χ0) is 65.1. The molecule has 5 atom stereocenters. The monoisotopic (exact) mass is 702 g/mol. The number of aliphatic hydroxyl groups is 1. The number of likely N-dealkylation sites (N-methyl/N-ethyl adjacent to an activating group) is 1. The lowest BCUT2D eigenvalue weighted by atomic mass is 9.91. The molecule has 1 amide bonds. The number of hydrogen-bond acceptors (Lipinski definition) is 8. The number of nitrogens with zero attached hydrogens (tertiary/aromatic N) is 3. The number of carbonyl (C=O) groups excluding carboxylic acids is 2. The summed E-state index contributed by atoms with van der Waals surface area (Å²) in [5.74, 6) is -0.854. The molecule has 0 bridgehead atoms. The third-order valence-electron chi connectivity index (χ3n) is 8.66. The summed E-state index contributed by atoms with van der Waals surface area (Å²) in [4.78, 5) is 30.0. The third kappa shape index (κ3) is 9.39. The van der Waals surface area contributed by atoms with Crippen molar-refractivity contribution in [3.05, 3.63) is 47.6 Å². The summed E-state index contributed by atoms with van der Waals surface area (Å²) in [6, 6.07) is 6.79. The van der Waals surface area contributed by atoms with Gasteiger partial charge in [-0.3, -0.25) is 4.79 Å². The molecule has 10 nitrogen and oxygen atoms in total. The number of esters is 1. The number of carbonyl (C=O) groups is 2. The zero-order valence-electron chi connectivity index (χ0n) is 59.9. The summed E-state index contributed by atoms with van der Waals surface area (Å²) in [6.45, 7) is 9.61. The van der Waals surface area contributed by atoms with Gasteiger partial charge in [0.2, 0.25) is 10.0 Å². The molecule has 1 N–H and O–H groups in total. The van der Waals surface area contributed by atoms with E-state index < -0.39 is 34.3 Å². The van der Waals surface area contributed by atoms with Crippen LogP contribution in [0.5, 0.6) is 0 Å². The normalized spacial score (nSPS) is 32.2. The largest absolute Gasteiger partial charge is 0.457 e. The molecule has 2 fully saturated rings. The standard InChI is InChI=1S/C32H47N3O7S.CH4.17H2/c1-23-10-12-27(36)22-30(37)42-31(24(2)11-13-29(23)41-32(38)34-18-16-33(4)17-19-34)25(3)20-26-8-7-9-28(21-26)43(39,40)35-14-5-6-15-35;;;;;;;;;;;;;;;;;;/h7-9,11,13,20-21,23-24,27,29,31,36H,5-6,10,12,14-19,22H2,1-4H3;1H4;17*1H/b13-11+,25-20+;;;;;;;;;;;;;;;;;;/t23-,24-,27+,29-,31-;;;;;;;;;;;;;;;;;;/m0................../s1/i;;17*1+1D. The minimum Gasteiger partial charge on any atom is -0.457 e. The lowest BCUT2D eigenvalue weighted by Crippen LogP contribution is -2.48. The smallest absolute Gasteiger partial charge is 0.410 e. The molecular formula is C33H85N3O7S. The maximum Gasteiger partial charge on any atom is 0.410 e. The lowest BCUT2D eigenvalue weighted by Gasteiger charge is -2.33. The van der Waals surface area contributed by atoms with Gasteiger partial charge in [0, 0.05) is 95.7 Å². The number of benzene rings is 1. The van der Waals surface area contributed by atoms with E-state index in [1.54, 1.807) is 23.1 Å².